The maximum Gasteiger partial charge on any atom is 0.311 e. The summed E-state index contributed by atoms with van der Waals surface area (Å²) in [6.45, 7) is 9.57. The van der Waals surface area contributed by atoms with Crippen LogP contribution in [0.15, 0.2) is 0 Å². The summed E-state index contributed by atoms with van der Waals surface area (Å²) >= 11 is 0. The zero-order chi connectivity index (χ0) is 18.4. The van der Waals surface area contributed by atoms with Gasteiger partial charge in [-0.1, -0.05) is 27.2 Å². The Morgan fingerprint density at radius 1 is 1.20 bits per heavy atom. The molecule has 3 fully saturated rings. The number of esters is 1. The van der Waals surface area contributed by atoms with Gasteiger partial charge in [-0.15, -0.1) is 0 Å². The van der Waals surface area contributed by atoms with E-state index in [0.29, 0.717) is 36.2 Å². The van der Waals surface area contributed by atoms with Gasteiger partial charge in [0.1, 0.15) is 0 Å². The van der Waals surface area contributed by atoms with Crippen LogP contribution in [0, 0.1) is 46.3 Å². The van der Waals surface area contributed by atoms with Crippen LogP contribution in [0.2, 0.25) is 0 Å². The van der Waals surface area contributed by atoms with Crippen molar-refractivity contribution < 1.29 is 14.6 Å². The van der Waals surface area contributed by atoms with Gasteiger partial charge in [-0.3, -0.25) is 4.79 Å². The highest BCUT2D eigenvalue weighted by molar-refractivity contribution is 5.77. The van der Waals surface area contributed by atoms with Gasteiger partial charge in [-0.2, -0.15) is 0 Å². The summed E-state index contributed by atoms with van der Waals surface area (Å²) in [7, 11) is 1.54. The number of aliphatic hydroxyl groups is 1. The third-order valence-electron chi connectivity index (χ3n) is 8.70. The number of hydrogen-bond donors (Lipinski definition) is 1. The van der Waals surface area contributed by atoms with Gasteiger partial charge in [-0.25, -0.2) is 0 Å². The highest BCUT2D eigenvalue weighted by Gasteiger charge is 2.60. The topological polar surface area (TPSA) is 46.5 Å². The summed E-state index contributed by atoms with van der Waals surface area (Å²) < 4.78 is 5.23. The molecule has 0 radical (unpaired) electrons. The number of methoxy groups -OCH3 is 1. The second kappa shape index (κ2) is 6.87. The average molecular weight is 351 g/mol. The molecule has 25 heavy (non-hydrogen) atoms. The maximum absolute atomic E-state index is 12.6. The van der Waals surface area contributed by atoms with E-state index in [1.165, 1.54) is 19.3 Å². The minimum atomic E-state index is -0.323. The fraction of sp³-hybridized carbons (Fsp3) is 0.955. The summed E-state index contributed by atoms with van der Waals surface area (Å²) in [6.07, 6.45) is 8.15. The molecule has 0 heterocycles. The molecule has 3 nitrogen and oxygen atoms in total. The number of carbonyl (C=O) groups is 1. The van der Waals surface area contributed by atoms with Crippen LogP contribution in [0.3, 0.4) is 0 Å². The Labute approximate surface area is 153 Å². The number of carbonyl (C=O) groups excluding carboxylic acids is 1. The van der Waals surface area contributed by atoms with Crippen molar-refractivity contribution in [1.29, 1.82) is 0 Å². The first-order valence-electron chi connectivity index (χ1n) is 10.5. The lowest BCUT2D eigenvalue weighted by molar-refractivity contribution is -0.179. The van der Waals surface area contributed by atoms with E-state index in [-0.39, 0.29) is 16.8 Å². The quantitative estimate of drug-likeness (QED) is 0.752. The van der Waals surface area contributed by atoms with Crippen LogP contribution >= 0.6 is 0 Å². The SMILES string of the molecule is COC(=O)[C@]1(C)CCC[C@]2(C)[C@@H]3C[C@H](CO)[C@H](C(C)C)C[C@@H]3CC[C@H]21. The molecule has 0 bridgehead atoms. The Balaban J connectivity index is 1.90. The molecule has 0 saturated heterocycles. The van der Waals surface area contributed by atoms with E-state index in [0.717, 1.165) is 31.6 Å². The van der Waals surface area contributed by atoms with Crippen molar-refractivity contribution in [2.45, 2.75) is 72.6 Å². The first kappa shape index (κ1) is 19.2. The summed E-state index contributed by atoms with van der Waals surface area (Å²) in [5, 5.41) is 10.0. The summed E-state index contributed by atoms with van der Waals surface area (Å²) in [4.78, 5) is 12.6. The molecule has 0 unspecified atom stereocenters. The summed E-state index contributed by atoms with van der Waals surface area (Å²) in [6, 6.07) is 0. The first-order chi connectivity index (χ1) is 11.8. The predicted molar refractivity (Wildman–Crippen MR) is 99.9 cm³/mol. The van der Waals surface area contributed by atoms with Crippen LogP contribution in [0.5, 0.6) is 0 Å². The molecule has 0 aromatic rings. The van der Waals surface area contributed by atoms with Crippen LogP contribution in [0.1, 0.15) is 72.6 Å². The molecule has 0 aliphatic heterocycles. The van der Waals surface area contributed by atoms with Crippen molar-refractivity contribution in [3.8, 4) is 0 Å². The Morgan fingerprint density at radius 3 is 2.52 bits per heavy atom. The van der Waals surface area contributed by atoms with Crippen molar-refractivity contribution in [1.82, 2.24) is 0 Å². The van der Waals surface area contributed by atoms with Crippen LogP contribution in [0.25, 0.3) is 0 Å². The predicted octanol–water partition coefficient (Wildman–Crippen LogP) is 4.67. The molecule has 0 amide bonds. The van der Waals surface area contributed by atoms with Gasteiger partial charge in [0.2, 0.25) is 0 Å². The summed E-state index contributed by atoms with van der Waals surface area (Å²) in [5.74, 6) is 3.59. The van der Waals surface area contributed by atoms with Gasteiger partial charge in [0.15, 0.2) is 0 Å². The smallest absolute Gasteiger partial charge is 0.311 e. The molecule has 1 N–H and O–H groups in total. The standard InChI is InChI=1S/C22H38O3/c1-14(2)17-11-15-7-8-19-21(3,18(15)12-16(17)13-23)9-6-10-22(19,4)20(24)25-5/h14-19,23H,6-13H2,1-5H3/t15-,16+,17-,18+,19+,21+,22+/m0/s1. The average Bonchev–Trinajstić information content (AvgIpc) is 2.59. The minimum Gasteiger partial charge on any atom is -0.469 e. The molecule has 3 rings (SSSR count). The molecule has 0 aromatic heterocycles. The van der Waals surface area contributed by atoms with Crippen LogP contribution < -0.4 is 0 Å². The molecule has 0 aromatic carbocycles. The minimum absolute atomic E-state index is 0.00329. The van der Waals surface area contributed by atoms with Gasteiger partial charge >= 0.3 is 5.97 Å². The van der Waals surface area contributed by atoms with Crippen molar-refractivity contribution >= 4 is 5.97 Å². The fourth-order valence-corrected chi connectivity index (χ4v) is 7.42. The van der Waals surface area contributed by atoms with E-state index in [2.05, 4.69) is 27.7 Å². The molecule has 3 heteroatoms. The maximum atomic E-state index is 12.6. The van der Waals surface area contributed by atoms with Gasteiger partial charge in [0.25, 0.3) is 0 Å². The lowest BCUT2D eigenvalue weighted by atomic mass is 9.43. The molecule has 3 saturated carbocycles. The van der Waals surface area contributed by atoms with Crippen LogP contribution in [-0.4, -0.2) is 24.8 Å². The lowest BCUT2D eigenvalue weighted by Gasteiger charge is -2.62. The third-order valence-corrected chi connectivity index (χ3v) is 8.70. The lowest BCUT2D eigenvalue weighted by Crippen LogP contribution is -2.57. The number of fused-ring (bicyclic) bond motifs is 3. The van der Waals surface area contributed by atoms with Crippen molar-refractivity contribution in [3.05, 3.63) is 0 Å². The van der Waals surface area contributed by atoms with Crippen LogP contribution in [0.4, 0.5) is 0 Å². The number of rotatable bonds is 3. The highest BCUT2D eigenvalue weighted by atomic mass is 16.5. The molecule has 3 aliphatic rings. The Hall–Kier alpha value is -0.570. The Kier molecular flexibility index (Phi) is 5.27. The normalized spacial score (nSPS) is 47.1. The summed E-state index contributed by atoms with van der Waals surface area (Å²) in [5.41, 5.74) is -0.101. The van der Waals surface area contributed by atoms with E-state index in [1.54, 1.807) is 7.11 Å². The molecule has 7 atom stereocenters. The van der Waals surface area contributed by atoms with Crippen molar-refractivity contribution in [2.24, 2.45) is 46.3 Å². The monoisotopic (exact) mass is 350 g/mol. The van der Waals surface area contributed by atoms with Crippen molar-refractivity contribution in [2.75, 3.05) is 13.7 Å². The van der Waals surface area contributed by atoms with E-state index in [9.17, 15) is 9.90 Å². The second-order valence-electron chi connectivity index (χ2n) is 10.1. The zero-order valence-electron chi connectivity index (χ0n) is 16.9. The van der Waals surface area contributed by atoms with Gasteiger partial charge < -0.3 is 9.84 Å². The molecule has 3 aliphatic carbocycles. The second-order valence-corrected chi connectivity index (χ2v) is 10.1. The van der Waals surface area contributed by atoms with Gasteiger partial charge in [0, 0.05) is 6.61 Å². The molecular weight excluding hydrogens is 312 g/mol. The van der Waals surface area contributed by atoms with Gasteiger partial charge in [-0.05, 0) is 86.4 Å². The Morgan fingerprint density at radius 2 is 1.92 bits per heavy atom. The molecule has 0 spiro atoms. The van der Waals surface area contributed by atoms with E-state index < -0.39 is 0 Å². The molecule has 144 valence electrons. The van der Waals surface area contributed by atoms with Crippen molar-refractivity contribution in [3.63, 3.8) is 0 Å². The first-order valence-corrected chi connectivity index (χ1v) is 10.5. The third kappa shape index (κ3) is 2.95. The van der Waals surface area contributed by atoms with E-state index in [1.807, 2.05) is 0 Å². The number of aliphatic hydroxyl groups excluding tert-OH is 1. The van der Waals surface area contributed by atoms with E-state index in [4.69, 9.17) is 4.74 Å². The zero-order valence-corrected chi connectivity index (χ0v) is 16.9. The fourth-order valence-electron chi connectivity index (χ4n) is 7.42. The molecular formula is C22H38O3. The van der Waals surface area contributed by atoms with Crippen LogP contribution in [-0.2, 0) is 9.53 Å². The number of ether oxygens (including phenoxy) is 1. The largest absolute Gasteiger partial charge is 0.469 e. The Bertz CT molecular complexity index is 502. The van der Waals surface area contributed by atoms with Gasteiger partial charge in [0.05, 0.1) is 12.5 Å². The number of hydrogen-bond acceptors (Lipinski definition) is 3. The van der Waals surface area contributed by atoms with E-state index >= 15 is 0 Å². The highest BCUT2D eigenvalue weighted by Crippen LogP contribution is 2.65.